The summed E-state index contributed by atoms with van der Waals surface area (Å²) < 4.78 is 38.7. The van der Waals surface area contributed by atoms with Gasteiger partial charge in [-0.3, -0.25) is 9.78 Å². The number of rotatable bonds is 4. The summed E-state index contributed by atoms with van der Waals surface area (Å²) in [4.78, 5) is 23.4. The first-order valence-corrected chi connectivity index (χ1v) is 10.6. The minimum Gasteiger partial charge on any atom is -0.383 e. The number of fused-ring (bicyclic) bond motifs is 1. The SMILES string of the molecule is Cc1cc2cc(C(=O)N(Cc3ccc(C(F)(F)F)cn3)[C@@H]3CCC[C@@H]3C#N)ccc2nc1N. The number of aryl methyl sites for hydroxylation is 1. The van der Waals surface area contributed by atoms with Crippen LogP contribution in [0.4, 0.5) is 19.0 Å². The molecule has 2 atom stereocenters. The normalized spacial score (nSPS) is 18.3. The average molecular weight is 453 g/mol. The molecule has 3 aromatic rings. The molecule has 4 rings (SSSR count). The highest BCUT2D eigenvalue weighted by Gasteiger charge is 2.36. The van der Waals surface area contributed by atoms with Gasteiger partial charge < -0.3 is 10.6 Å². The number of nitrogens with zero attached hydrogens (tertiary/aromatic N) is 4. The monoisotopic (exact) mass is 453 g/mol. The molecule has 6 nitrogen and oxygen atoms in total. The van der Waals surface area contributed by atoms with Crippen molar-refractivity contribution < 1.29 is 18.0 Å². The molecule has 2 N–H and O–H groups in total. The lowest BCUT2D eigenvalue weighted by Gasteiger charge is -2.31. The molecule has 1 aliphatic carbocycles. The highest BCUT2D eigenvalue weighted by molar-refractivity contribution is 5.98. The molecule has 0 spiro atoms. The van der Waals surface area contributed by atoms with Crippen molar-refractivity contribution in [1.29, 1.82) is 5.26 Å². The Labute approximate surface area is 188 Å². The maximum atomic E-state index is 13.6. The van der Waals surface area contributed by atoms with Crippen molar-refractivity contribution in [2.45, 2.75) is 44.9 Å². The Morgan fingerprint density at radius 3 is 2.70 bits per heavy atom. The summed E-state index contributed by atoms with van der Waals surface area (Å²) in [6.45, 7) is 1.84. The molecule has 2 heterocycles. The topological polar surface area (TPSA) is 95.9 Å². The number of nitrogens with two attached hydrogens (primary N) is 1. The average Bonchev–Trinajstić information content (AvgIpc) is 3.26. The third-order valence-corrected chi connectivity index (χ3v) is 6.08. The lowest BCUT2D eigenvalue weighted by Crippen LogP contribution is -2.41. The fraction of sp³-hybridized carbons (Fsp3) is 0.333. The molecule has 9 heteroatoms. The Morgan fingerprint density at radius 2 is 2.03 bits per heavy atom. The number of hydrogen-bond acceptors (Lipinski definition) is 5. The molecule has 1 fully saturated rings. The van der Waals surface area contributed by atoms with Gasteiger partial charge in [0.15, 0.2) is 0 Å². The third-order valence-electron chi connectivity index (χ3n) is 6.08. The van der Waals surface area contributed by atoms with Crippen LogP contribution in [0.25, 0.3) is 10.9 Å². The van der Waals surface area contributed by atoms with E-state index in [1.807, 2.05) is 13.0 Å². The van der Waals surface area contributed by atoms with Crippen LogP contribution in [0, 0.1) is 24.2 Å². The van der Waals surface area contributed by atoms with Gasteiger partial charge in [0, 0.05) is 23.2 Å². The second-order valence-electron chi connectivity index (χ2n) is 8.30. The standard InChI is InChI=1S/C24H22F3N5O/c1-14-9-17-10-15(5-8-20(17)31-22(14)29)23(33)32(21-4-2-3-16(21)11-28)13-19-7-6-18(12-30-19)24(25,26)27/h5-10,12,16,21H,2-4,13H2,1H3,(H2,29,31)/t16-,21-/m1/s1. The Balaban J connectivity index is 1.69. The molecule has 0 radical (unpaired) electrons. The first-order chi connectivity index (χ1) is 15.7. The molecule has 2 aromatic heterocycles. The Bertz CT molecular complexity index is 1230. The van der Waals surface area contributed by atoms with E-state index >= 15 is 0 Å². The zero-order chi connectivity index (χ0) is 23.8. The highest BCUT2D eigenvalue weighted by Crippen LogP contribution is 2.33. The lowest BCUT2D eigenvalue weighted by molar-refractivity contribution is -0.137. The Hall–Kier alpha value is -3.67. The van der Waals surface area contributed by atoms with Crippen molar-refractivity contribution in [2.75, 3.05) is 5.73 Å². The van der Waals surface area contributed by atoms with Crippen molar-refractivity contribution >= 4 is 22.6 Å². The number of amides is 1. The second kappa shape index (κ2) is 8.70. The Morgan fingerprint density at radius 1 is 1.24 bits per heavy atom. The number of aromatic nitrogens is 2. The molecule has 1 aromatic carbocycles. The fourth-order valence-electron chi connectivity index (χ4n) is 4.26. The molecule has 1 amide bonds. The molecular weight excluding hydrogens is 431 g/mol. The number of nitrogen functional groups attached to an aromatic ring is 1. The van der Waals surface area contributed by atoms with E-state index in [1.54, 1.807) is 23.1 Å². The number of alkyl halides is 3. The largest absolute Gasteiger partial charge is 0.417 e. The maximum absolute atomic E-state index is 13.6. The van der Waals surface area contributed by atoms with Gasteiger partial charge in [-0.1, -0.05) is 0 Å². The van der Waals surface area contributed by atoms with Gasteiger partial charge in [0.2, 0.25) is 0 Å². The second-order valence-corrected chi connectivity index (χ2v) is 8.30. The summed E-state index contributed by atoms with van der Waals surface area (Å²) in [7, 11) is 0. The van der Waals surface area contributed by atoms with E-state index in [-0.39, 0.29) is 24.4 Å². The molecule has 0 aliphatic heterocycles. The van der Waals surface area contributed by atoms with E-state index in [0.717, 1.165) is 29.6 Å². The lowest BCUT2D eigenvalue weighted by atomic mass is 10.0. The zero-order valence-electron chi connectivity index (χ0n) is 17.9. The fourth-order valence-corrected chi connectivity index (χ4v) is 4.26. The Kier molecular flexibility index (Phi) is 5.93. The van der Waals surface area contributed by atoms with Crippen LogP contribution < -0.4 is 5.73 Å². The highest BCUT2D eigenvalue weighted by atomic mass is 19.4. The molecule has 0 saturated heterocycles. The van der Waals surface area contributed by atoms with Crippen LogP contribution in [0.1, 0.15) is 46.4 Å². The van der Waals surface area contributed by atoms with Gasteiger partial charge in [0.1, 0.15) is 5.82 Å². The number of halogens is 3. The van der Waals surface area contributed by atoms with Crippen LogP contribution in [0.2, 0.25) is 0 Å². The first kappa shape index (κ1) is 22.5. The number of benzene rings is 1. The third kappa shape index (κ3) is 4.60. The zero-order valence-corrected chi connectivity index (χ0v) is 17.9. The van der Waals surface area contributed by atoms with Crippen molar-refractivity contribution in [1.82, 2.24) is 14.9 Å². The summed E-state index contributed by atoms with van der Waals surface area (Å²) in [6.07, 6.45) is -1.60. The number of carbonyl (C=O) groups excluding carboxylic acids is 1. The number of hydrogen-bond donors (Lipinski definition) is 1. The molecule has 33 heavy (non-hydrogen) atoms. The molecular formula is C24H22F3N5O. The van der Waals surface area contributed by atoms with Gasteiger partial charge in [0.05, 0.1) is 35.3 Å². The van der Waals surface area contributed by atoms with Crippen LogP contribution in [-0.4, -0.2) is 26.8 Å². The van der Waals surface area contributed by atoms with Crippen molar-refractivity contribution in [3.63, 3.8) is 0 Å². The van der Waals surface area contributed by atoms with Crippen LogP contribution in [-0.2, 0) is 12.7 Å². The number of pyridine rings is 2. The van der Waals surface area contributed by atoms with Gasteiger partial charge in [-0.2, -0.15) is 18.4 Å². The molecule has 0 bridgehead atoms. The summed E-state index contributed by atoms with van der Waals surface area (Å²) in [5.41, 5.74) is 7.20. The van der Waals surface area contributed by atoms with Crippen LogP contribution >= 0.6 is 0 Å². The van der Waals surface area contributed by atoms with Gasteiger partial charge in [-0.05, 0) is 68.1 Å². The summed E-state index contributed by atoms with van der Waals surface area (Å²) >= 11 is 0. The van der Waals surface area contributed by atoms with Crippen LogP contribution in [0.3, 0.4) is 0 Å². The molecule has 1 saturated carbocycles. The van der Waals surface area contributed by atoms with E-state index in [4.69, 9.17) is 5.73 Å². The number of carbonyl (C=O) groups is 1. The smallest absolute Gasteiger partial charge is 0.383 e. The summed E-state index contributed by atoms with van der Waals surface area (Å²) in [5, 5.41) is 10.3. The molecule has 170 valence electrons. The molecule has 1 aliphatic rings. The van der Waals surface area contributed by atoms with Crippen molar-refractivity contribution in [3.8, 4) is 6.07 Å². The van der Waals surface area contributed by atoms with E-state index in [2.05, 4.69) is 16.0 Å². The van der Waals surface area contributed by atoms with E-state index < -0.39 is 11.7 Å². The minimum absolute atomic E-state index is 0.0108. The molecule has 0 unspecified atom stereocenters. The number of nitriles is 1. The van der Waals surface area contributed by atoms with E-state index in [0.29, 0.717) is 35.4 Å². The first-order valence-electron chi connectivity index (χ1n) is 10.6. The quantitative estimate of drug-likeness (QED) is 0.608. The van der Waals surface area contributed by atoms with Crippen molar-refractivity contribution in [3.05, 3.63) is 65.0 Å². The number of anilines is 1. The van der Waals surface area contributed by atoms with E-state index in [1.165, 1.54) is 6.07 Å². The van der Waals surface area contributed by atoms with Crippen LogP contribution in [0.5, 0.6) is 0 Å². The van der Waals surface area contributed by atoms with Gasteiger partial charge in [-0.25, -0.2) is 4.98 Å². The predicted molar refractivity (Wildman–Crippen MR) is 117 cm³/mol. The predicted octanol–water partition coefficient (Wildman–Crippen LogP) is 4.87. The summed E-state index contributed by atoms with van der Waals surface area (Å²) in [6, 6.07) is 11.1. The summed E-state index contributed by atoms with van der Waals surface area (Å²) in [5.74, 6) is -0.229. The van der Waals surface area contributed by atoms with Gasteiger partial charge in [-0.15, -0.1) is 0 Å². The maximum Gasteiger partial charge on any atom is 0.417 e. The van der Waals surface area contributed by atoms with E-state index in [9.17, 15) is 23.2 Å². The van der Waals surface area contributed by atoms with Crippen molar-refractivity contribution in [2.24, 2.45) is 5.92 Å². The van der Waals surface area contributed by atoms with Crippen LogP contribution in [0.15, 0.2) is 42.6 Å². The minimum atomic E-state index is -4.49. The van der Waals surface area contributed by atoms with Gasteiger partial charge >= 0.3 is 6.18 Å². The van der Waals surface area contributed by atoms with Gasteiger partial charge in [0.25, 0.3) is 5.91 Å².